The number of ether oxygens (including phenoxy) is 1. The second-order valence-electron chi connectivity index (χ2n) is 6.17. The van der Waals surface area contributed by atoms with Gasteiger partial charge in [0.1, 0.15) is 24.1 Å². The van der Waals surface area contributed by atoms with Gasteiger partial charge >= 0.3 is 0 Å². The third-order valence-corrected chi connectivity index (χ3v) is 4.49. The topological polar surface area (TPSA) is 144 Å². The van der Waals surface area contributed by atoms with Gasteiger partial charge < -0.3 is 26.0 Å². The molecule has 4 heterocycles. The predicted molar refractivity (Wildman–Crippen MR) is 91.6 cm³/mol. The smallest absolute Gasteiger partial charge is 0.197 e. The van der Waals surface area contributed by atoms with Crippen LogP contribution < -0.4 is 11.1 Å². The van der Waals surface area contributed by atoms with Gasteiger partial charge in [0.2, 0.25) is 0 Å². The number of nitrogen functional groups attached to an aromatic ring is 1. The van der Waals surface area contributed by atoms with Crippen LogP contribution in [0.25, 0.3) is 11.2 Å². The summed E-state index contributed by atoms with van der Waals surface area (Å²) < 4.78 is 6.99. The zero-order valence-electron chi connectivity index (χ0n) is 13.9. The lowest BCUT2D eigenvalue weighted by atomic mass is 10.1. The highest BCUT2D eigenvalue weighted by molar-refractivity contribution is 5.81. The molecule has 0 spiro atoms. The Morgan fingerprint density at radius 1 is 1.31 bits per heavy atom. The number of nitrogens with one attached hydrogen (secondary N) is 1. The number of rotatable bonds is 5. The van der Waals surface area contributed by atoms with Crippen LogP contribution in [0.5, 0.6) is 0 Å². The first-order valence-corrected chi connectivity index (χ1v) is 8.16. The minimum Gasteiger partial charge on any atom is -0.385 e. The summed E-state index contributed by atoms with van der Waals surface area (Å²) in [5, 5.41) is 24.8. The molecule has 3 atom stereocenters. The Balaban J connectivity index is 1.48. The number of anilines is 1. The van der Waals surface area contributed by atoms with E-state index in [4.69, 9.17) is 10.5 Å². The molecule has 3 unspecified atom stereocenters. The van der Waals surface area contributed by atoms with Crippen molar-refractivity contribution in [3.63, 3.8) is 0 Å². The highest BCUT2D eigenvalue weighted by Gasteiger charge is 2.50. The second-order valence-corrected chi connectivity index (χ2v) is 6.17. The monoisotopic (exact) mass is 357 g/mol. The molecular formula is C16H19N7O3. The molecule has 10 nitrogen and oxygen atoms in total. The van der Waals surface area contributed by atoms with E-state index in [-0.39, 0.29) is 12.4 Å². The molecule has 1 aliphatic heterocycles. The molecule has 1 saturated heterocycles. The van der Waals surface area contributed by atoms with E-state index >= 15 is 0 Å². The molecule has 136 valence electrons. The Morgan fingerprint density at radius 3 is 3.00 bits per heavy atom. The zero-order valence-corrected chi connectivity index (χ0v) is 13.9. The van der Waals surface area contributed by atoms with Crippen molar-refractivity contribution in [2.45, 2.75) is 24.5 Å². The van der Waals surface area contributed by atoms with E-state index in [0.29, 0.717) is 24.3 Å². The minimum absolute atomic E-state index is 0.0978. The van der Waals surface area contributed by atoms with Crippen molar-refractivity contribution < 1.29 is 14.9 Å². The van der Waals surface area contributed by atoms with E-state index in [2.05, 4.69) is 25.3 Å². The van der Waals surface area contributed by atoms with Gasteiger partial charge in [-0.25, -0.2) is 15.0 Å². The van der Waals surface area contributed by atoms with Crippen LogP contribution in [-0.2, 0) is 17.0 Å². The van der Waals surface area contributed by atoms with Gasteiger partial charge in [-0.05, 0) is 12.1 Å². The fraction of sp³-hybridized carbons (Fsp3) is 0.375. The summed E-state index contributed by atoms with van der Waals surface area (Å²) in [6.45, 7) is 0.785. The van der Waals surface area contributed by atoms with Crippen LogP contribution in [0.2, 0.25) is 0 Å². The number of aliphatic hydroxyl groups is 2. The van der Waals surface area contributed by atoms with E-state index < -0.39 is 17.9 Å². The number of hydrogen-bond donors (Lipinski definition) is 4. The van der Waals surface area contributed by atoms with Crippen LogP contribution in [0.3, 0.4) is 0 Å². The minimum atomic E-state index is -1.69. The van der Waals surface area contributed by atoms with Crippen molar-refractivity contribution in [3.8, 4) is 0 Å². The lowest BCUT2D eigenvalue weighted by molar-refractivity contribution is -0.107. The van der Waals surface area contributed by atoms with Crippen LogP contribution in [0.15, 0.2) is 37.1 Å². The fourth-order valence-corrected chi connectivity index (χ4v) is 3.07. The van der Waals surface area contributed by atoms with Crippen molar-refractivity contribution in [2.24, 2.45) is 0 Å². The van der Waals surface area contributed by atoms with Crippen molar-refractivity contribution in [1.29, 1.82) is 0 Å². The number of nitrogens with zero attached hydrogens (tertiary/aromatic N) is 5. The van der Waals surface area contributed by atoms with E-state index in [9.17, 15) is 10.2 Å². The van der Waals surface area contributed by atoms with Crippen LogP contribution >= 0.6 is 0 Å². The number of aliphatic hydroxyl groups excluding tert-OH is 1. The first-order chi connectivity index (χ1) is 12.6. The maximum absolute atomic E-state index is 11.0. The average Bonchev–Trinajstić information content (AvgIpc) is 3.21. The molecule has 5 N–H and O–H groups in total. The SMILES string of the molecule is Nc1ncnc2c1ncn2C1(O)COC(CNCc2ccccn2)C1O. The molecule has 26 heavy (non-hydrogen) atoms. The molecule has 0 radical (unpaired) electrons. The molecule has 0 bridgehead atoms. The second kappa shape index (κ2) is 6.57. The molecule has 3 aromatic rings. The number of pyridine rings is 1. The third-order valence-electron chi connectivity index (χ3n) is 4.49. The van der Waals surface area contributed by atoms with Gasteiger partial charge in [0.15, 0.2) is 17.2 Å². The summed E-state index contributed by atoms with van der Waals surface area (Å²) in [6, 6.07) is 5.65. The van der Waals surface area contributed by atoms with Gasteiger partial charge in [0, 0.05) is 19.3 Å². The largest absolute Gasteiger partial charge is 0.385 e. The van der Waals surface area contributed by atoms with Gasteiger partial charge in [-0.2, -0.15) is 0 Å². The Morgan fingerprint density at radius 2 is 2.19 bits per heavy atom. The summed E-state index contributed by atoms with van der Waals surface area (Å²) in [6.07, 6.45) is 2.61. The number of aromatic nitrogens is 5. The van der Waals surface area contributed by atoms with Crippen LogP contribution in [-0.4, -0.2) is 60.1 Å². The Hall–Kier alpha value is -2.66. The Kier molecular flexibility index (Phi) is 4.24. The fourth-order valence-electron chi connectivity index (χ4n) is 3.07. The van der Waals surface area contributed by atoms with Crippen molar-refractivity contribution >= 4 is 17.0 Å². The Labute approximate surface area is 148 Å². The maximum atomic E-state index is 11.0. The normalized spacial score (nSPS) is 25.8. The molecule has 1 aliphatic rings. The summed E-state index contributed by atoms with van der Waals surface area (Å²) in [4.78, 5) is 16.3. The van der Waals surface area contributed by atoms with Gasteiger partial charge in [0.05, 0.1) is 18.6 Å². The number of imidazole rings is 1. The van der Waals surface area contributed by atoms with Crippen LogP contribution in [0.4, 0.5) is 5.82 Å². The van der Waals surface area contributed by atoms with E-state index in [0.717, 1.165) is 5.69 Å². The number of hydrogen-bond acceptors (Lipinski definition) is 9. The standard InChI is InChI=1S/C16H19N7O3/c17-14-12-15(21-8-20-14)23(9-22-12)16(25)7-26-11(13(16)24)6-18-5-10-3-1-2-4-19-10/h1-4,8-9,11,13,18,24-25H,5-7H2,(H2,17,20,21). The van der Waals surface area contributed by atoms with E-state index in [1.807, 2.05) is 18.2 Å². The third kappa shape index (κ3) is 2.78. The Bertz CT molecular complexity index is 903. The lowest BCUT2D eigenvalue weighted by Crippen LogP contribution is -2.48. The average molecular weight is 357 g/mol. The first kappa shape index (κ1) is 16.8. The maximum Gasteiger partial charge on any atom is 0.197 e. The summed E-state index contributed by atoms with van der Waals surface area (Å²) in [7, 11) is 0. The van der Waals surface area contributed by atoms with Crippen LogP contribution in [0, 0.1) is 0 Å². The molecule has 1 fully saturated rings. The summed E-state index contributed by atoms with van der Waals surface area (Å²) in [5.74, 6) is 0.208. The van der Waals surface area contributed by atoms with Crippen molar-refractivity contribution in [2.75, 3.05) is 18.9 Å². The summed E-state index contributed by atoms with van der Waals surface area (Å²) in [5.41, 5.74) is 5.67. The molecule has 10 heteroatoms. The van der Waals surface area contributed by atoms with Gasteiger partial charge in [-0.15, -0.1) is 0 Å². The molecular weight excluding hydrogens is 338 g/mol. The first-order valence-electron chi connectivity index (χ1n) is 8.16. The highest BCUT2D eigenvalue weighted by atomic mass is 16.5. The number of nitrogens with two attached hydrogens (primary N) is 1. The molecule has 0 aromatic carbocycles. The quantitative estimate of drug-likeness (QED) is 0.452. The lowest BCUT2D eigenvalue weighted by Gasteiger charge is -2.28. The van der Waals surface area contributed by atoms with E-state index in [1.54, 1.807) is 6.20 Å². The molecule has 4 rings (SSSR count). The molecule has 0 amide bonds. The summed E-state index contributed by atoms with van der Waals surface area (Å²) >= 11 is 0. The zero-order chi connectivity index (χ0) is 18.1. The van der Waals surface area contributed by atoms with Crippen molar-refractivity contribution in [1.82, 2.24) is 29.8 Å². The van der Waals surface area contributed by atoms with Gasteiger partial charge in [-0.1, -0.05) is 6.07 Å². The molecule has 3 aromatic heterocycles. The van der Waals surface area contributed by atoms with Crippen molar-refractivity contribution in [3.05, 3.63) is 42.7 Å². The van der Waals surface area contributed by atoms with Gasteiger partial charge in [-0.3, -0.25) is 9.55 Å². The predicted octanol–water partition coefficient (Wildman–Crippen LogP) is -1.00. The molecule has 0 aliphatic carbocycles. The van der Waals surface area contributed by atoms with Crippen LogP contribution in [0.1, 0.15) is 5.69 Å². The number of fused-ring (bicyclic) bond motifs is 1. The van der Waals surface area contributed by atoms with E-state index in [1.165, 1.54) is 17.2 Å². The molecule has 0 saturated carbocycles. The highest BCUT2D eigenvalue weighted by Crippen LogP contribution is 2.32. The van der Waals surface area contributed by atoms with Gasteiger partial charge in [0.25, 0.3) is 0 Å².